The van der Waals surface area contributed by atoms with Gasteiger partial charge in [-0.3, -0.25) is 4.79 Å². The van der Waals surface area contributed by atoms with E-state index < -0.39 is 0 Å². The van der Waals surface area contributed by atoms with Crippen molar-refractivity contribution in [2.24, 2.45) is 0 Å². The lowest BCUT2D eigenvalue weighted by Crippen LogP contribution is -2.31. The zero-order valence-electron chi connectivity index (χ0n) is 16.8. The standard InChI is InChI=1S/C23H29NO4/c1-3-27-22-12-11-18(23(25)24-13-6-4-5-7-14-24)15-19(22)17-28-21-10-8-9-20(16-21)26-2/h8-12,15-16H,3-7,13-14,17H2,1-2H3. The summed E-state index contributed by atoms with van der Waals surface area (Å²) in [5.41, 5.74) is 1.56. The van der Waals surface area contributed by atoms with Crippen molar-refractivity contribution in [2.75, 3.05) is 26.8 Å². The van der Waals surface area contributed by atoms with Gasteiger partial charge in [0.2, 0.25) is 0 Å². The summed E-state index contributed by atoms with van der Waals surface area (Å²) in [6.45, 7) is 4.50. The Morgan fingerprint density at radius 3 is 2.43 bits per heavy atom. The van der Waals surface area contributed by atoms with Gasteiger partial charge in [0.25, 0.3) is 5.91 Å². The lowest BCUT2D eigenvalue weighted by Gasteiger charge is -2.21. The summed E-state index contributed by atoms with van der Waals surface area (Å²) in [7, 11) is 1.63. The molecule has 150 valence electrons. The second-order valence-corrected chi connectivity index (χ2v) is 6.93. The maximum Gasteiger partial charge on any atom is 0.253 e. The molecule has 1 saturated heterocycles. The second kappa shape index (κ2) is 10.0. The molecular weight excluding hydrogens is 354 g/mol. The van der Waals surface area contributed by atoms with Crippen LogP contribution in [0.1, 0.15) is 48.5 Å². The van der Waals surface area contributed by atoms with Crippen LogP contribution in [0.15, 0.2) is 42.5 Å². The molecule has 0 aromatic heterocycles. The normalized spacial score (nSPS) is 14.3. The fourth-order valence-electron chi connectivity index (χ4n) is 3.43. The highest BCUT2D eigenvalue weighted by molar-refractivity contribution is 5.94. The summed E-state index contributed by atoms with van der Waals surface area (Å²) < 4.78 is 16.9. The van der Waals surface area contributed by atoms with Crippen LogP contribution in [0.3, 0.4) is 0 Å². The number of hydrogen-bond donors (Lipinski definition) is 0. The Kier molecular flexibility index (Phi) is 7.18. The first-order chi connectivity index (χ1) is 13.7. The minimum absolute atomic E-state index is 0.0904. The summed E-state index contributed by atoms with van der Waals surface area (Å²) in [5, 5.41) is 0. The molecule has 1 aliphatic heterocycles. The zero-order chi connectivity index (χ0) is 19.8. The molecule has 0 atom stereocenters. The van der Waals surface area contributed by atoms with Gasteiger partial charge in [-0.05, 0) is 50.1 Å². The van der Waals surface area contributed by atoms with Gasteiger partial charge in [-0.25, -0.2) is 0 Å². The maximum absolute atomic E-state index is 13.0. The first-order valence-corrected chi connectivity index (χ1v) is 10.0. The summed E-state index contributed by atoms with van der Waals surface area (Å²) in [6, 6.07) is 13.1. The van der Waals surface area contributed by atoms with Gasteiger partial charge in [0.05, 0.1) is 13.7 Å². The molecule has 0 aliphatic carbocycles. The second-order valence-electron chi connectivity index (χ2n) is 6.93. The van der Waals surface area contributed by atoms with E-state index in [1.165, 1.54) is 12.8 Å². The lowest BCUT2D eigenvalue weighted by atomic mass is 10.1. The number of rotatable bonds is 7. The summed E-state index contributed by atoms with van der Waals surface area (Å²) >= 11 is 0. The Bertz CT molecular complexity index is 782. The summed E-state index contributed by atoms with van der Waals surface area (Å²) in [5.74, 6) is 2.30. The molecule has 0 saturated carbocycles. The third-order valence-electron chi connectivity index (χ3n) is 4.94. The minimum atomic E-state index is 0.0904. The molecule has 1 aliphatic rings. The van der Waals surface area contributed by atoms with E-state index >= 15 is 0 Å². The molecule has 1 fully saturated rings. The average molecular weight is 383 g/mol. The molecule has 2 aromatic carbocycles. The quantitative estimate of drug-likeness (QED) is 0.696. The average Bonchev–Trinajstić information content (AvgIpc) is 3.02. The molecular formula is C23H29NO4. The Morgan fingerprint density at radius 2 is 1.71 bits per heavy atom. The third kappa shape index (κ3) is 5.18. The predicted octanol–water partition coefficient (Wildman–Crippen LogP) is 4.69. The van der Waals surface area contributed by atoms with Crippen molar-refractivity contribution in [2.45, 2.75) is 39.2 Å². The van der Waals surface area contributed by atoms with Crippen LogP contribution in [-0.4, -0.2) is 37.6 Å². The predicted molar refractivity (Wildman–Crippen MR) is 109 cm³/mol. The molecule has 3 rings (SSSR count). The Balaban J connectivity index is 1.77. The summed E-state index contributed by atoms with van der Waals surface area (Å²) in [6.07, 6.45) is 4.56. The van der Waals surface area contributed by atoms with Crippen molar-refractivity contribution >= 4 is 5.91 Å². The van der Waals surface area contributed by atoms with Gasteiger partial charge < -0.3 is 19.1 Å². The number of ether oxygens (including phenoxy) is 3. The smallest absolute Gasteiger partial charge is 0.253 e. The van der Waals surface area contributed by atoms with Gasteiger partial charge >= 0.3 is 0 Å². The molecule has 1 heterocycles. The molecule has 0 spiro atoms. The Morgan fingerprint density at radius 1 is 0.964 bits per heavy atom. The number of carbonyl (C=O) groups excluding carboxylic acids is 1. The number of benzene rings is 2. The van der Waals surface area contributed by atoms with Crippen LogP contribution >= 0.6 is 0 Å². The van der Waals surface area contributed by atoms with Gasteiger partial charge in [-0.1, -0.05) is 18.9 Å². The van der Waals surface area contributed by atoms with Crippen molar-refractivity contribution < 1.29 is 19.0 Å². The maximum atomic E-state index is 13.0. The van der Waals surface area contributed by atoms with Crippen LogP contribution in [0.25, 0.3) is 0 Å². The van der Waals surface area contributed by atoms with E-state index in [9.17, 15) is 4.79 Å². The van der Waals surface area contributed by atoms with Gasteiger partial charge in [0.15, 0.2) is 0 Å². The molecule has 28 heavy (non-hydrogen) atoms. The highest BCUT2D eigenvalue weighted by atomic mass is 16.5. The molecule has 5 nitrogen and oxygen atoms in total. The molecule has 0 bridgehead atoms. The molecule has 0 radical (unpaired) electrons. The van der Waals surface area contributed by atoms with Crippen LogP contribution in [0, 0.1) is 0 Å². The molecule has 1 amide bonds. The number of carbonyl (C=O) groups is 1. The van der Waals surface area contributed by atoms with Crippen molar-refractivity contribution in [3.8, 4) is 17.2 Å². The van der Waals surface area contributed by atoms with Crippen molar-refractivity contribution in [3.05, 3.63) is 53.6 Å². The third-order valence-corrected chi connectivity index (χ3v) is 4.94. The lowest BCUT2D eigenvalue weighted by molar-refractivity contribution is 0.0761. The summed E-state index contributed by atoms with van der Waals surface area (Å²) in [4.78, 5) is 14.9. The van der Waals surface area contributed by atoms with Crippen LogP contribution < -0.4 is 14.2 Å². The highest BCUT2D eigenvalue weighted by Crippen LogP contribution is 2.25. The van der Waals surface area contributed by atoms with E-state index in [-0.39, 0.29) is 5.91 Å². The number of likely N-dealkylation sites (tertiary alicyclic amines) is 1. The van der Waals surface area contributed by atoms with Crippen molar-refractivity contribution in [1.82, 2.24) is 4.90 Å². The highest BCUT2D eigenvalue weighted by Gasteiger charge is 2.19. The van der Waals surface area contributed by atoms with Crippen molar-refractivity contribution in [1.29, 1.82) is 0 Å². The monoisotopic (exact) mass is 383 g/mol. The van der Waals surface area contributed by atoms with Gasteiger partial charge in [0, 0.05) is 30.3 Å². The molecule has 2 aromatic rings. The van der Waals surface area contributed by atoms with Crippen LogP contribution in [-0.2, 0) is 6.61 Å². The zero-order valence-corrected chi connectivity index (χ0v) is 16.8. The topological polar surface area (TPSA) is 48.0 Å². The SMILES string of the molecule is CCOc1ccc(C(=O)N2CCCCCC2)cc1COc1cccc(OC)c1. The first kappa shape index (κ1) is 20.1. The molecule has 0 unspecified atom stereocenters. The fraction of sp³-hybridized carbons (Fsp3) is 0.435. The Hall–Kier alpha value is -2.69. The van der Waals surface area contributed by atoms with Gasteiger partial charge in [-0.15, -0.1) is 0 Å². The van der Waals surface area contributed by atoms with E-state index in [0.29, 0.717) is 24.5 Å². The van der Waals surface area contributed by atoms with Crippen LogP contribution in [0.2, 0.25) is 0 Å². The van der Waals surface area contributed by atoms with Gasteiger partial charge in [-0.2, -0.15) is 0 Å². The van der Waals surface area contributed by atoms with E-state index in [1.54, 1.807) is 7.11 Å². The largest absolute Gasteiger partial charge is 0.497 e. The van der Waals surface area contributed by atoms with Gasteiger partial charge in [0.1, 0.15) is 23.9 Å². The van der Waals surface area contributed by atoms with Crippen LogP contribution in [0.4, 0.5) is 0 Å². The van der Waals surface area contributed by atoms with E-state index in [1.807, 2.05) is 54.3 Å². The van der Waals surface area contributed by atoms with Crippen LogP contribution in [0.5, 0.6) is 17.2 Å². The van der Waals surface area contributed by atoms with Crippen molar-refractivity contribution in [3.63, 3.8) is 0 Å². The fourth-order valence-corrected chi connectivity index (χ4v) is 3.43. The molecule has 0 N–H and O–H groups in total. The minimum Gasteiger partial charge on any atom is -0.497 e. The first-order valence-electron chi connectivity index (χ1n) is 10.0. The van der Waals surface area contributed by atoms with E-state index in [2.05, 4.69) is 0 Å². The Labute approximate surface area is 167 Å². The number of nitrogens with zero attached hydrogens (tertiary/aromatic N) is 1. The molecule has 5 heteroatoms. The number of methoxy groups -OCH3 is 1. The number of hydrogen-bond acceptors (Lipinski definition) is 4. The van der Waals surface area contributed by atoms with E-state index in [4.69, 9.17) is 14.2 Å². The van der Waals surface area contributed by atoms with E-state index in [0.717, 1.165) is 43.0 Å². The number of amides is 1.